The Morgan fingerprint density at radius 3 is 2.56 bits per heavy atom. The fourth-order valence-corrected chi connectivity index (χ4v) is 2.58. The Labute approximate surface area is 96.6 Å². The average molecular weight is 230 g/mol. The van der Waals surface area contributed by atoms with Crippen LogP contribution >= 0.6 is 11.3 Å². The van der Waals surface area contributed by atoms with Gasteiger partial charge in [-0.05, 0) is 26.0 Å². The predicted molar refractivity (Wildman–Crippen MR) is 63.6 cm³/mol. The number of aromatic nitrogens is 4. The standard InChI is InChI=1S/C11H10N4S/c1-7-3-8(2)5-9(4-7)10-14-15-6-12-13-11(15)16-10/h3-6H,1-2H3. The predicted octanol–water partition coefficient (Wildman–Crippen LogP) is 2.47. The van der Waals surface area contributed by atoms with E-state index < -0.39 is 0 Å². The van der Waals surface area contributed by atoms with Crippen LogP contribution in [0.4, 0.5) is 0 Å². The van der Waals surface area contributed by atoms with E-state index in [2.05, 4.69) is 47.3 Å². The molecule has 0 radical (unpaired) electrons. The van der Waals surface area contributed by atoms with Crippen LogP contribution < -0.4 is 0 Å². The first-order valence-corrected chi connectivity index (χ1v) is 5.79. The van der Waals surface area contributed by atoms with Gasteiger partial charge in [0.25, 0.3) is 0 Å². The Balaban J connectivity index is 2.18. The molecule has 0 amide bonds. The van der Waals surface area contributed by atoms with E-state index in [1.165, 1.54) is 11.1 Å². The Morgan fingerprint density at radius 2 is 1.88 bits per heavy atom. The van der Waals surface area contributed by atoms with Crippen molar-refractivity contribution < 1.29 is 0 Å². The Kier molecular flexibility index (Phi) is 2.00. The molecule has 5 heteroatoms. The fourth-order valence-electron chi connectivity index (χ4n) is 1.77. The van der Waals surface area contributed by atoms with Gasteiger partial charge in [0, 0.05) is 5.56 Å². The van der Waals surface area contributed by atoms with Crippen LogP contribution in [0.15, 0.2) is 24.5 Å². The molecule has 0 fully saturated rings. The molecular weight excluding hydrogens is 220 g/mol. The molecule has 0 N–H and O–H groups in total. The van der Waals surface area contributed by atoms with E-state index in [0.29, 0.717) is 0 Å². The number of hydrogen-bond acceptors (Lipinski definition) is 4. The number of benzene rings is 1. The van der Waals surface area contributed by atoms with Crippen LogP contribution in [0, 0.1) is 13.8 Å². The topological polar surface area (TPSA) is 43.1 Å². The van der Waals surface area contributed by atoms with E-state index in [0.717, 1.165) is 15.5 Å². The molecular formula is C11H10N4S. The first kappa shape index (κ1) is 9.47. The number of rotatable bonds is 1. The molecule has 0 unspecified atom stereocenters. The maximum absolute atomic E-state index is 4.44. The van der Waals surface area contributed by atoms with Crippen LogP contribution in [0.2, 0.25) is 0 Å². The number of fused-ring (bicyclic) bond motifs is 1. The van der Waals surface area contributed by atoms with Gasteiger partial charge in [0.05, 0.1) is 0 Å². The second-order valence-electron chi connectivity index (χ2n) is 3.84. The molecule has 0 aliphatic carbocycles. The highest BCUT2D eigenvalue weighted by Gasteiger charge is 2.08. The third-order valence-electron chi connectivity index (χ3n) is 2.36. The second kappa shape index (κ2) is 3.38. The summed E-state index contributed by atoms with van der Waals surface area (Å²) in [7, 11) is 0. The first-order valence-electron chi connectivity index (χ1n) is 4.98. The zero-order valence-electron chi connectivity index (χ0n) is 9.01. The van der Waals surface area contributed by atoms with Gasteiger partial charge in [-0.2, -0.15) is 9.61 Å². The third kappa shape index (κ3) is 1.49. The molecule has 3 rings (SSSR count). The van der Waals surface area contributed by atoms with E-state index in [1.807, 2.05) is 0 Å². The molecule has 0 spiro atoms. The van der Waals surface area contributed by atoms with E-state index in [4.69, 9.17) is 0 Å². The highest BCUT2D eigenvalue weighted by atomic mass is 32.1. The maximum atomic E-state index is 4.44. The average Bonchev–Trinajstić information content (AvgIpc) is 2.74. The van der Waals surface area contributed by atoms with Crippen LogP contribution in [0.25, 0.3) is 15.5 Å². The highest BCUT2D eigenvalue weighted by molar-refractivity contribution is 7.19. The van der Waals surface area contributed by atoms with Crippen molar-refractivity contribution in [2.24, 2.45) is 0 Å². The first-order chi connectivity index (χ1) is 7.72. The van der Waals surface area contributed by atoms with Gasteiger partial charge in [0.1, 0.15) is 11.3 Å². The van der Waals surface area contributed by atoms with Crippen molar-refractivity contribution in [2.75, 3.05) is 0 Å². The van der Waals surface area contributed by atoms with Crippen LogP contribution in [0.3, 0.4) is 0 Å². The maximum Gasteiger partial charge on any atom is 0.234 e. The van der Waals surface area contributed by atoms with E-state index in [1.54, 1.807) is 22.2 Å². The normalized spacial score (nSPS) is 11.1. The molecule has 0 atom stereocenters. The van der Waals surface area contributed by atoms with Crippen molar-refractivity contribution in [2.45, 2.75) is 13.8 Å². The van der Waals surface area contributed by atoms with Gasteiger partial charge >= 0.3 is 0 Å². The molecule has 0 aliphatic rings. The molecule has 3 aromatic rings. The summed E-state index contributed by atoms with van der Waals surface area (Å²) in [6, 6.07) is 6.43. The lowest BCUT2D eigenvalue weighted by Gasteiger charge is -2.00. The lowest BCUT2D eigenvalue weighted by molar-refractivity contribution is 0.959. The van der Waals surface area contributed by atoms with Gasteiger partial charge in [-0.15, -0.1) is 10.2 Å². The molecule has 0 saturated carbocycles. The van der Waals surface area contributed by atoms with Crippen LogP contribution in [-0.4, -0.2) is 19.8 Å². The lowest BCUT2D eigenvalue weighted by Crippen LogP contribution is -1.84. The van der Waals surface area contributed by atoms with E-state index >= 15 is 0 Å². The Bertz CT molecular complexity index is 604. The van der Waals surface area contributed by atoms with Gasteiger partial charge in [-0.25, -0.2) is 0 Å². The summed E-state index contributed by atoms with van der Waals surface area (Å²) in [5.74, 6) is 0. The van der Waals surface area contributed by atoms with Gasteiger partial charge in [-0.3, -0.25) is 0 Å². The van der Waals surface area contributed by atoms with Crippen molar-refractivity contribution in [3.05, 3.63) is 35.7 Å². The van der Waals surface area contributed by atoms with Gasteiger partial charge in [0.15, 0.2) is 0 Å². The zero-order chi connectivity index (χ0) is 11.1. The largest absolute Gasteiger partial charge is 0.234 e. The van der Waals surface area contributed by atoms with Gasteiger partial charge < -0.3 is 0 Å². The van der Waals surface area contributed by atoms with Crippen LogP contribution in [0.5, 0.6) is 0 Å². The van der Waals surface area contributed by atoms with Gasteiger partial charge in [0.2, 0.25) is 4.96 Å². The molecule has 16 heavy (non-hydrogen) atoms. The van der Waals surface area contributed by atoms with E-state index in [-0.39, 0.29) is 0 Å². The fraction of sp³-hybridized carbons (Fsp3) is 0.182. The summed E-state index contributed by atoms with van der Waals surface area (Å²) in [5.41, 5.74) is 3.65. The van der Waals surface area contributed by atoms with Crippen molar-refractivity contribution in [1.82, 2.24) is 19.8 Å². The van der Waals surface area contributed by atoms with Crippen molar-refractivity contribution in [3.63, 3.8) is 0 Å². The van der Waals surface area contributed by atoms with Gasteiger partial charge in [-0.1, -0.05) is 28.5 Å². The van der Waals surface area contributed by atoms with Crippen molar-refractivity contribution in [1.29, 1.82) is 0 Å². The SMILES string of the molecule is Cc1cc(C)cc(-c2nn3cnnc3s2)c1. The zero-order valence-corrected chi connectivity index (χ0v) is 9.82. The summed E-state index contributed by atoms with van der Waals surface area (Å²) < 4.78 is 1.71. The minimum atomic E-state index is 0.828. The molecule has 2 aromatic heterocycles. The van der Waals surface area contributed by atoms with Crippen LogP contribution in [0.1, 0.15) is 11.1 Å². The van der Waals surface area contributed by atoms with Crippen molar-refractivity contribution >= 4 is 16.3 Å². The Hall–Kier alpha value is -1.75. The minimum Gasteiger partial charge on any atom is -0.190 e. The molecule has 0 aliphatic heterocycles. The van der Waals surface area contributed by atoms with Crippen molar-refractivity contribution in [3.8, 4) is 10.6 Å². The number of hydrogen-bond donors (Lipinski definition) is 0. The molecule has 2 heterocycles. The Morgan fingerprint density at radius 1 is 1.12 bits per heavy atom. The summed E-state index contributed by atoms with van der Waals surface area (Å²) in [6.45, 7) is 4.19. The summed E-state index contributed by atoms with van der Waals surface area (Å²) in [5, 5.41) is 13.2. The molecule has 80 valence electrons. The smallest absolute Gasteiger partial charge is 0.190 e. The van der Waals surface area contributed by atoms with E-state index in [9.17, 15) is 0 Å². The summed E-state index contributed by atoms with van der Waals surface area (Å²) in [4.78, 5) is 0.828. The number of aryl methyl sites for hydroxylation is 2. The van der Waals surface area contributed by atoms with Crippen LogP contribution in [-0.2, 0) is 0 Å². The monoisotopic (exact) mass is 230 g/mol. The highest BCUT2D eigenvalue weighted by Crippen LogP contribution is 2.26. The number of nitrogens with zero attached hydrogens (tertiary/aromatic N) is 4. The second-order valence-corrected chi connectivity index (χ2v) is 4.80. The lowest BCUT2D eigenvalue weighted by atomic mass is 10.1. The third-order valence-corrected chi connectivity index (χ3v) is 3.32. The molecule has 1 aromatic carbocycles. The molecule has 4 nitrogen and oxygen atoms in total. The minimum absolute atomic E-state index is 0.828. The molecule has 0 saturated heterocycles. The quantitative estimate of drug-likeness (QED) is 0.645. The summed E-state index contributed by atoms with van der Waals surface area (Å²) >= 11 is 1.55. The summed E-state index contributed by atoms with van der Waals surface area (Å²) in [6.07, 6.45) is 1.62. The molecule has 0 bridgehead atoms.